The van der Waals surface area contributed by atoms with E-state index in [4.69, 9.17) is 9.47 Å². The molecule has 1 amide bonds. The molecule has 1 rings (SSSR count). The van der Waals surface area contributed by atoms with Crippen molar-refractivity contribution in [1.82, 2.24) is 10.6 Å². The van der Waals surface area contributed by atoms with Crippen LogP contribution in [-0.2, 0) is 9.47 Å². The van der Waals surface area contributed by atoms with Crippen LogP contribution in [0.25, 0.3) is 0 Å². The first-order valence-corrected chi connectivity index (χ1v) is 7.94. The average molecular weight is 300 g/mol. The lowest BCUT2D eigenvalue weighted by molar-refractivity contribution is 0.0516. The molecular weight excluding hydrogens is 268 g/mol. The SMILES string of the molecule is COCC(NC(CNC(=O)OC(C)(C)C)C(C)C)C1CC1. The number of ether oxygens (including phenoxy) is 2. The lowest BCUT2D eigenvalue weighted by Crippen LogP contribution is -2.51. The van der Waals surface area contributed by atoms with Crippen molar-refractivity contribution in [1.29, 1.82) is 0 Å². The first kappa shape index (κ1) is 18.2. The van der Waals surface area contributed by atoms with E-state index in [1.165, 1.54) is 12.8 Å². The van der Waals surface area contributed by atoms with Gasteiger partial charge in [-0.05, 0) is 45.4 Å². The second-order valence-electron chi connectivity index (χ2n) is 7.30. The minimum atomic E-state index is -0.461. The van der Waals surface area contributed by atoms with Crippen molar-refractivity contribution < 1.29 is 14.3 Å². The molecule has 5 nitrogen and oxygen atoms in total. The van der Waals surface area contributed by atoms with Crippen LogP contribution in [0.15, 0.2) is 0 Å². The van der Waals surface area contributed by atoms with Gasteiger partial charge in [0, 0.05) is 25.7 Å². The maximum absolute atomic E-state index is 11.8. The number of hydrogen-bond donors (Lipinski definition) is 2. The average Bonchev–Trinajstić information content (AvgIpc) is 3.14. The summed E-state index contributed by atoms with van der Waals surface area (Å²) in [6.07, 6.45) is 2.18. The fraction of sp³-hybridized carbons (Fsp3) is 0.938. The van der Waals surface area contributed by atoms with Crippen molar-refractivity contribution in [2.24, 2.45) is 11.8 Å². The molecule has 0 aromatic heterocycles. The third-order valence-electron chi connectivity index (χ3n) is 3.64. The lowest BCUT2D eigenvalue weighted by Gasteiger charge is -2.29. The van der Waals surface area contributed by atoms with Gasteiger partial charge in [0.2, 0.25) is 0 Å². The molecule has 1 aliphatic carbocycles. The van der Waals surface area contributed by atoms with Gasteiger partial charge >= 0.3 is 6.09 Å². The Morgan fingerprint density at radius 3 is 2.33 bits per heavy atom. The zero-order valence-corrected chi connectivity index (χ0v) is 14.4. The van der Waals surface area contributed by atoms with Crippen molar-refractivity contribution in [3.63, 3.8) is 0 Å². The number of carbonyl (C=O) groups is 1. The quantitative estimate of drug-likeness (QED) is 0.723. The molecule has 0 aromatic rings. The summed E-state index contributed by atoms with van der Waals surface area (Å²) in [7, 11) is 1.74. The van der Waals surface area contributed by atoms with Crippen LogP contribution in [0.2, 0.25) is 0 Å². The zero-order chi connectivity index (χ0) is 16.0. The molecule has 0 heterocycles. The van der Waals surface area contributed by atoms with Crippen molar-refractivity contribution in [2.75, 3.05) is 20.3 Å². The van der Waals surface area contributed by atoms with Crippen molar-refractivity contribution >= 4 is 6.09 Å². The summed E-state index contributed by atoms with van der Waals surface area (Å²) in [6, 6.07) is 0.598. The molecule has 1 fully saturated rings. The number of nitrogens with one attached hydrogen (secondary N) is 2. The standard InChI is InChI=1S/C16H32N2O3/c1-11(2)13(9-17-15(19)21-16(3,4)5)18-14(10-20-6)12-7-8-12/h11-14,18H,7-10H2,1-6H3,(H,17,19). The van der Waals surface area contributed by atoms with Crippen molar-refractivity contribution in [3.8, 4) is 0 Å². The number of carbonyl (C=O) groups excluding carboxylic acids is 1. The highest BCUT2D eigenvalue weighted by Crippen LogP contribution is 2.33. The molecule has 0 saturated heterocycles. The topological polar surface area (TPSA) is 59.6 Å². The molecule has 0 aliphatic heterocycles. The summed E-state index contributed by atoms with van der Waals surface area (Å²) in [5.74, 6) is 1.14. The highest BCUT2D eigenvalue weighted by Gasteiger charge is 2.33. The van der Waals surface area contributed by atoms with Crippen LogP contribution in [-0.4, -0.2) is 44.0 Å². The number of amides is 1. The van der Waals surface area contributed by atoms with Crippen LogP contribution in [0.3, 0.4) is 0 Å². The van der Waals surface area contributed by atoms with E-state index >= 15 is 0 Å². The first-order valence-electron chi connectivity index (χ1n) is 7.94. The molecule has 21 heavy (non-hydrogen) atoms. The Kier molecular flexibility index (Phi) is 6.94. The molecule has 0 radical (unpaired) electrons. The molecule has 0 aromatic carbocycles. The van der Waals surface area contributed by atoms with Crippen LogP contribution in [0.5, 0.6) is 0 Å². The second-order valence-corrected chi connectivity index (χ2v) is 7.30. The molecule has 2 atom stereocenters. The van der Waals surface area contributed by atoms with Crippen molar-refractivity contribution in [3.05, 3.63) is 0 Å². The third-order valence-corrected chi connectivity index (χ3v) is 3.64. The van der Waals surface area contributed by atoms with Gasteiger partial charge in [-0.3, -0.25) is 0 Å². The Hall–Kier alpha value is -0.810. The largest absolute Gasteiger partial charge is 0.444 e. The van der Waals surface area contributed by atoms with Crippen LogP contribution in [0.4, 0.5) is 4.79 Å². The van der Waals surface area contributed by atoms with E-state index in [2.05, 4.69) is 24.5 Å². The van der Waals surface area contributed by atoms with Crippen molar-refractivity contribution in [2.45, 2.75) is 65.1 Å². The minimum Gasteiger partial charge on any atom is -0.444 e. The van der Waals surface area contributed by atoms with Gasteiger partial charge in [0.25, 0.3) is 0 Å². The van der Waals surface area contributed by atoms with Crippen LogP contribution in [0, 0.1) is 11.8 Å². The van der Waals surface area contributed by atoms with Gasteiger partial charge in [0.15, 0.2) is 0 Å². The number of rotatable bonds is 8. The molecule has 2 unspecified atom stereocenters. The van der Waals surface area contributed by atoms with E-state index in [0.717, 1.165) is 6.61 Å². The van der Waals surface area contributed by atoms with Crippen LogP contribution in [0.1, 0.15) is 47.5 Å². The number of alkyl carbamates (subject to hydrolysis) is 1. The molecule has 0 bridgehead atoms. The fourth-order valence-corrected chi connectivity index (χ4v) is 2.27. The van der Waals surface area contributed by atoms with Gasteiger partial charge in [-0.15, -0.1) is 0 Å². The summed E-state index contributed by atoms with van der Waals surface area (Å²) in [4.78, 5) is 11.8. The Balaban J connectivity index is 2.43. The van der Waals surface area contributed by atoms with Crippen LogP contribution < -0.4 is 10.6 Å². The van der Waals surface area contributed by atoms with E-state index < -0.39 is 5.60 Å². The first-order chi connectivity index (χ1) is 9.73. The predicted octanol–water partition coefficient (Wildman–Crippen LogP) is 2.55. The third kappa shape index (κ3) is 7.67. The van der Waals surface area contributed by atoms with E-state index in [1.54, 1.807) is 7.11 Å². The Morgan fingerprint density at radius 2 is 1.90 bits per heavy atom. The highest BCUT2D eigenvalue weighted by atomic mass is 16.6. The number of methoxy groups -OCH3 is 1. The number of hydrogen-bond acceptors (Lipinski definition) is 4. The van der Waals surface area contributed by atoms with Gasteiger partial charge in [-0.1, -0.05) is 13.8 Å². The van der Waals surface area contributed by atoms with Gasteiger partial charge in [0.1, 0.15) is 5.60 Å². The molecule has 124 valence electrons. The van der Waals surface area contributed by atoms with E-state index in [0.29, 0.717) is 24.4 Å². The molecular formula is C16H32N2O3. The summed E-state index contributed by atoms with van der Waals surface area (Å²) < 4.78 is 10.6. The fourth-order valence-electron chi connectivity index (χ4n) is 2.27. The smallest absolute Gasteiger partial charge is 0.407 e. The monoisotopic (exact) mass is 300 g/mol. The Morgan fingerprint density at radius 1 is 1.29 bits per heavy atom. The normalized spacial score (nSPS) is 18.4. The van der Waals surface area contributed by atoms with Crippen LogP contribution >= 0.6 is 0 Å². The van der Waals surface area contributed by atoms with E-state index in [-0.39, 0.29) is 12.1 Å². The maximum atomic E-state index is 11.8. The zero-order valence-electron chi connectivity index (χ0n) is 14.4. The lowest BCUT2D eigenvalue weighted by atomic mass is 10.0. The molecule has 5 heteroatoms. The molecule has 1 saturated carbocycles. The van der Waals surface area contributed by atoms with Gasteiger partial charge in [0.05, 0.1) is 6.61 Å². The minimum absolute atomic E-state index is 0.221. The van der Waals surface area contributed by atoms with Gasteiger partial charge < -0.3 is 20.1 Å². The van der Waals surface area contributed by atoms with Gasteiger partial charge in [-0.25, -0.2) is 4.79 Å². The molecule has 0 spiro atoms. The van der Waals surface area contributed by atoms with E-state index in [9.17, 15) is 4.79 Å². The summed E-state index contributed by atoms with van der Waals surface area (Å²) in [6.45, 7) is 11.2. The summed E-state index contributed by atoms with van der Waals surface area (Å²) in [5.41, 5.74) is -0.461. The molecule has 1 aliphatic rings. The Bertz CT molecular complexity index is 322. The molecule has 2 N–H and O–H groups in total. The predicted molar refractivity (Wildman–Crippen MR) is 84.4 cm³/mol. The maximum Gasteiger partial charge on any atom is 0.407 e. The summed E-state index contributed by atoms with van der Waals surface area (Å²) >= 11 is 0. The highest BCUT2D eigenvalue weighted by molar-refractivity contribution is 5.67. The second kappa shape index (κ2) is 7.99. The van der Waals surface area contributed by atoms with E-state index in [1.807, 2.05) is 20.8 Å². The van der Waals surface area contributed by atoms with Gasteiger partial charge in [-0.2, -0.15) is 0 Å². The summed E-state index contributed by atoms with van der Waals surface area (Å²) in [5, 5.41) is 6.50. The Labute approximate surface area is 129 Å².